The number of rotatable bonds is 3. The van der Waals surface area contributed by atoms with Crippen LogP contribution in [0.5, 0.6) is 0 Å². The molecule has 0 amide bonds. The molecule has 0 aromatic heterocycles. The predicted octanol–water partition coefficient (Wildman–Crippen LogP) is 4.89. The van der Waals surface area contributed by atoms with Gasteiger partial charge in [-0.25, -0.2) is 0 Å². The lowest BCUT2D eigenvalue weighted by atomic mass is 10.1. The van der Waals surface area contributed by atoms with Crippen molar-refractivity contribution in [1.29, 1.82) is 5.26 Å². The van der Waals surface area contributed by atoms with Crippen molar-refractivity contribution in [3.63, 3.8) is 0 Å². The highest BCUT2D eigenvalue weighted by molar-refractivity contribution is 9.10. The van der Waals surface area contributed by atoms with E-state index in [0.717, 1.165) is 26.3 Å². The van der Waals surface area contributed by atoms with E-state index in [1.54, 1.807) is 0 Å². The van der Waals surface area contributed by atoms with E-state index in [1.807, 2.05) is 43.3 Å². The molecule has 2 aromatic carbocycles. The zero-order chi connectivity index (χ0) is 13.8. The van der Waals surface area contributed by atoms with Gasteiger partial charge in [-0.1, -0.05) is 33.6 Å². The molecule has 2 aromatic rings. The number of aryl methyl sites for hydroxylation is 1. The summed E-state index contributed by atoms with van der Waals surface area (Å²) in [6.45, 7) is 2.62. The monoisotopic (exact) mass is 334 g/mol. The van der Waals surface area contributed by atoms with Gasteiger partial charge in [0.15, 0.2) is 0 Å². The fourth-order valence-electron chi connectivity index (χ4n) is 1.75. The summed E-state index contributed by atoms with van der Waals surface area (Å²) in [5.41, 5.74) is 3.71. The third kappa shape index (κ3) is 3.50. The quantitative estimate of drug-likeness (QED) is 0.866. The van der Waals surface area contributed by atoms with Crippen LogP contribution in [0.25, 0.3) is 0 Å². The molecule has 96 valence electrons. The zero-order valence-corrected chi connectivity index (χ0v) is 12.7. The minimum absolute atomic E-state index is 0.619. The Bertz CT molecular complexity index is 647. The van der Waals surface area contributed by atoms with Gasteiger partial charge in [-0.05, 0) is 48.4 Å². The molecule has 0 radical (unpaired) electrons. The van der Waals surface area contributed by atoms with Crippen molar-refractivity contribution in [3.05, 3.63) is 62.6 Å². The number of halogens is 2. The topological polar surface area (TPSA) is 35.8 Å². The summed E-state index contributed by atoms with van der Waals surface area (Å²) >= 11 is 9.58. The molecule has 0 aliphatic heterocycles. The molecule has 0 saturated heterocycles. The van der Waals surface area contributed by atoms with Crippen LogP contribution in [0, 0.1) is 18.3 Å². The Morgan fingerprint density at radius 2 is 2.05 bits per heavy atom. The van der Waals surface area contributed by atoms with E-state index in [2.05, 4.69) is 27.3 Å². The molecular formula is C15H12BrClN2. The molecule has 2 rings (SSSR count). The minimum Gasteiger partial charge on any atom is -0.381 e. The smallest absolute Gasteiger partial charge is 0.0992 e. The summed E-state index contributed by atoms with van der Waals surface area (Å²) in [5, 5.41) is 13.0. The van der Waals surface area contributed by atoms with Gasteiger partial charge in [0.05, 0.1) is 11.6 Å². The van der Waals surface area contributed by atoms with Crippen LogP contribution in [0.3, 0.4) is 0 Å². The molecule has 0 aliphatic rings. The zero-order valence-electron chi connectivity index (χ0n) is 10.4. The molecule has 0 unspecified atom stereocenters. The maximum absolute atomic E-state index is 8.91. The molecule has 19 heavy (non-hydrogen) atoms. The number of anilines is 1. The Labute approximate surface area is 126 Å². The summed E-state index contributed by atoms with van der Waals surface area (Å²) in [6, 6.07) is 13.5. The molecule has 0 spiro atoms. The predicted molar refractivity (Wildman–Crippen MR) is 82.4 cm³/mol. The largest absolute Gasteiger partial charge is 0.381 e. The molecule has 0 bridgehead atoms. The summed E-state index contributed by atoms with van der Waals surface area (Å²) in [7, 11) is 0. The van der Waals surface area contributed by atoms with Crippen molar-refractivity contribution in [2.45, 2.75) is 13.5 Å². The summed E-state index contributed by atoms with van der Waals surface area (Å²) in [4.78, 5) is 0. The van der Waals surface area contributed by atoms with E-state index >= 15 is 0 Å². The molecule has 0 fully saturated rings. The third-order valence-electron chi connectivity index (χ3n) is 2.84. The van der Waals surface area contributed by atoms with Gasteiger partial charge in [0, 0.05) is 21.7 Å². The molecule has 0 heterocycles. The summed E-state index contributed by atoms with van der Waals surface area (Å²) < 4.78 is 0.996. The fourth-order valence-corrected chi connectivity index (χ4v) is 2.34. The first-order chi connectivity index (χ1) is 9.10. The average molecular weight is 336 g/mol. The number of benzene rings is 2. The SMILES string of the molecule is Cc1ccc(C#N)cc1NCc1cc(Br)ccc1Cl. The maximum Gasteiger partial charge on any atom is 0.0992 e. The van der Waals surface area contributed by atoms with Crippen molar-refractivity contribution in [2.24, 2.45) is 0 Å². The van der Waals surface area contributed by atoms with Gasteiger partial charge >= 0.3 is 0 Å². The maximum atomic E-state index is 8.91. The Hall–Kier alpha value is -1.50. The molecule has 0 saturated carbocycles. The number of nitrogens with one attached hydrogen (secondary N) is 1. The first-order valence-corrected chi connectivity index (χ1v) is 6.96. The van der Waals surface area contributed by atoms with Gasteiger partial charge in [0.25, 0.3) is 0 Å². The van der Waals surface area contributed by atoms with E-state index in [0.29, 0.717) is 12.1 Å². The van der Waals surface area contributed by atoms with E-state index in [1.165, 1.54) is 0 Å². The Kier molecular flexibility index (Phi) is 4.47. The van der Waals surface area contributed by atoms with Gasteiger partial charge in [-0.3, -0.25) is 0 Å². The van der Waals surface area contributed by atoms with Crippen LogP contribution in [-0.2, 0) is 6.54 Å². The van der Waals surface area contributed by atoms with Crippen molar-refractivity contribution in [3.8, 4) is 6.07 Å². The van der Waals surface area contributed by atoms with E-state index in [4.69, 9.17) is 16.9 Å². The van der Waals surface area contributed by atoms with Gasteiger partial charge in [-0.2, -0.15) is 5.26 Å². The van der Waals surface area contributed by atoms with Crippen molar-refractivity contribution < 1.29 is 0 Å². The van der Waals surface area contributed by atoms with Crippen LogP contribution in [0.4, 0.5) is 5.69 Å². The number of nitrogens with zero attached hydrogens (tertiary/aromatic N) is 1. The van der Waals surface area contributed by atoms with Crippen LogP contribution in [-0.4, -0.2) is 0 Å². The lowest BCUT2D eigenvalue weighted by Gasteiger charge is -2.11. The molecule has 4 heteroatoms. The lowest BCUT2D eigenvalue weighted by molar-refractivity contribution is 1.14. The normalized spacial score (nSPS) is 10.0. The third-order valence-corrected chi connectivity index (χ3v) is 3.71. The summed E-state index contributed by atoms with van der Waals surface area (Å²) in [6.07, 6.45) is 0. The van der Waals surface area contributed by atoms with Gasteiger partial charge in [0.1, 0.15) is 0 Å². The minimum atomic E-state index is 0.619. The van der Waals surface area contributed by atoms with Crippen LogP contribution >= 0.6 is 27.5 Å². The van der Waals surface area contributed by atoms with Crippen LogP contribution < -0.4 is 5.32 Å². The van der Waals surface area contributed by atoms with Gasteiger partial charge in [0.2, 0.25) is 0 Å². The van der Waals surface area contributed by atoms with Crippen LogP contribution in [0.1, 0.15) is 16.7 Å². The van der Waals surface area contributed by atoms with Gasteiger partial charge in [-0.15, -0.1) is 0 Å². The van der Waals surface area contributed by atoms with Crippen LogP contribution in [0.2, 0.25) is 5.02 Å². The van der Waals surface area contributed by atoms with E-state index in [9.17, 15) is 0 Å². The van der Waals surface area contributed by atoms with Crippen molar-refractivity contribution >= 4 is 33.2 Å². The Morgan fingerprint density at radius 3 is 2.79 bits per heavy atom. The van der Waals surface area contributed by atoms with Crippen molar-refractivity contribution in [2.75, 3.05) is 5.32 Å². The number of hydrogen-bond acceptors (Lipinski definition) is 2. The van der Waals surface area contributed by atoms with Gasteiger partial charge < -0.3 is 5.32 Å². The highest BCUT2D eigenvalue weighted by Crippen LogP contribution is 2.23. The second kappa shape index (κ2) is 6.10. The number of hydrogen-bond donors (Lipinski definition) is 1. The second-order valence-electron chi connectivity index (χ2n) is 4.23. The van der Waals surface area contributed by atoms with E-state index < -0.39 is 0 Å². The molecule has 1 N–H and O–H groups in total. The first kappa shape index (κ1) is 13.9. The second-order valence-corrected chi connectivity index (χ2v) is 5.55. The highest BCUT2D eigenvalue weighted by atomic mass is 79.9. The molecule has 0 aliphatic carbocycles. The fraction of sp³-hybridized carbons (Fsp3) is 0.133. The van der Waals surface area contributed by atoms with Crippen molar-refractivity contribution in [1.82, 2.24) is 0 Å². The highest BCUT2D eigenvalue weighted by Gasteiger charge is 2.04. The van der Waals surface area contributed by atoms with Crippen LogP contribution in [0.15, 0.2) is 40.9 Å². The summed E-state index contributed by atoms with van der Waals surface area (Å²) in [5.74, 6) is 0. The average Bonchev–Trinajstić information content (AvgIpc) is 2.41. The molecule has 0 atom stereocenters. The first-order valence-electron chi connectivity index (χ1n) is 5.78. The lowest BCUT2D eigenvalue weighted by Crippen LogP contribution is -2.02. The standard InChI is InChI=1S/C15H12BrClN2/c1-10-2-3-11(8-18)6-15(10)19-9-12-7-13(16)4-5-14(12)17/h2-7,19H,9H2,1H3. The molecular weight excluding hydrogens is 324 g/mol. The number of nitriles is 1. The molecule has 2 nitrogen and oxygen atoms in total. The van der Waals surface area contributed by atoms with E-state index in [-0.39, 0.29) is 0 Å². The Morgan fingerprint density at radius 1 is 1.26 bits per heavy atom. The Balaban J connectivity index is 2.19.